The van der Waals surface area contributed by atoms with Gasteiger partial charge in [-0.05, 0) is 25.5 Å². The number of carbonyl (C=O) groups is 1. The number of aryl methyl sites for hydroxylation is 1. The van der Waals surface area contributed by atoms with Gasteiger partial charge in [-0.15, -0.1) is 0 Å². The van der Waals surface area contributed by atoms with Gasteiger partial charge in [0.05, 0.1) is 6.54 Å². The van der Waals surface area contributed by atoms with E-state index in [2.05, 4.69) is 10.1 Å². The van der Waals surface area contributed by atoms with Crippen LogP contribution in [0.15, 0.2) is 28.8 Å². The third-order valence-corrected chi connectivity index (χ3v) is 4.51. The Balaban J connectivity index is 1.46. The molecule has 1 atom stereocenters. The lowest BCUT2D eigenvalue weighted by Crippen LogP contribution is -2.43. The van der Waals surface area contributed by atoms with Gasteiger partial charge in [-0.3, -0.25) is 4.79 Å². The minimum atomic E-state index is -0.159. The largest absolute Gasteiger partial charge is 0.486 e. The van der Waals surface area contributed by atoms with E-state index in [1.54, 1.807) is 0 Å². The number of rotatable bonds is 8. The van der Waals surface area contributed by atoms with Crippen molar-refractivity contribution in [3.8, 4) is 11.5 Å². The van der Waals surface area contributed by atoms with Crippen molar-refractivity contribution < 1.29 is 18.8 Å². The van der Waals surface area contributed by atoms with Crippen molar-refractivity contribution in [2.45, 2.75) is 52.1 Å². The van der Waals surface area contributed by atoms with Crippen LogP contribution >= 0.6 is 0 Å². The summed E-state index contributed by atoms with van der Waals surface area (Å²) in [5, 5.41) is 3.95. The van der Waals surface area contributed by atoms with Gasteiger partial charge in [0.15, 0.2) is 23.4 Å². The molecule has 1 aromatic carbocycles. The van der Waals surface area contributed by atoms with Gasteiger partial charge < -0.3 is 18.9 Å². The first-order valence-electron chi connectivity index (χ1n) is 9.55. The summed E-state index contributed by atoms with van der Waals surface area (Å²) < 4.78 is 16.9. The van der Waals surface area contributed by atoms with Crippen LogP contribution in [0.1, 0.15) is 51.2 Å². The van der Waals surface area contributed by atoms with E-state index in [-0.39, 0.29) is 17.9 Å². The van der Waals surface area contributed by atoms with Crippen molar-refractivity contribution in [2.24, 2.45) is 0 Å². The first-order chi connectivity index (χ1) is 13.1. The Labute approximate surface area is 159 Å². The summed E-state index contributed by atoms with van der Waals surface area (Å²) in [5.41, 5.74) is 0. The Morgan fingerprint density at radius 2 is 2.07 bits per heavy atom. The van der Waals surface area contributed by atoms with Crippen LogP contribution in [-0.4, -0.2) is 46.7 Å². The number of likely N-dealkylation sites (N-methyl/N-ethyl adjacent to an activating group) is 1. The Morgan fingerprint density at radius 1 is 1.30 bits per heavy atom. The number of benzene rings is 1. The molecule has 1 amide bonds. The highest BCUT2D eigenvalue weighted by Gasteiger charge is 2.24. The van der Waals surface area contributed by atoms with Crippen molar-refractivity contribution in [1.82, 2.24) is 15.0 Å². The number of carbonyl (C=O) groups excluding carboxylic acids is 1. The van der Waals surface area contributed by atoms with Crippen LogP contribution in [0.4, 0.5) is 0 Å². The second-order valence-electron chi connectivity index (χ2n) is 6.98. The smallest absolute Gasteiger partial charge is 0.226 e. The SMILES string of the molecule is CCN(CC1COc2ccccc2O1)C(=O)CCCc1nc(C(C)C)no1. The van der Waals surface area contributed by atoms with Gasteiger partial charge in [0, 0.05) is 25.3 Å². The molecule has 0 bridgehead atoms. The molecular weight excluding hydrogens is 346 g/mol. The molecule has 2 heterocycles. The quantitative estimate of drug-likeness (QED) is 0.707. The van der Waals surface area contributed by atoms with Crippen molar-refractivity contribution in [1.29, 1.82) is 0 Å². The predicted octanol–water partition coefficient (Wildman–Crippen LogP) is 3.20. The first-order valence-corrected chi connectivity index (χ1v) is 9.55. The van der Waals surface area contributed by atoms with E-state index in [4.69, 9.17) is 14.0 Å². The van der Waals surface area contributed by atoms with E-state index in [9.17, 15) is 4.79 Å². The number of amides is 1. The Morgan fingerprint density at radius 3 is 2.78 bits per heavy atom. The third-order valence-electron chi connectivity index (χ3n) is 4.51. The molecule has 0 aliphatic carbocycles. The van der Waals surface area contributed by atoms with Crippen LogP contribution < -0.4 is 9.47 Å². The first kappa shape index (κ1) is 19.2. The lowest BCUT2D eigenvalue weighted by molar-refractivity contribution is -0.132. The molecule has 2 aromatic rings. The zero-order valence-electron chi connectivity index (χ0n) is 16.2. The molecule has 0 spiro atoms. The minimum absolute atomic E-state index is 0.101. The topological polar surface area (TPSA) is 77.7 Å². The normalized spacial score (nSPS) is 15.8. The Bertz CT molecular complexity index is 759. The van der Waals surface area contributed by atoms with Gasteiger partial charge in [-0.1, -0.05) is 31.1 Å². The summed E-state index contributed by atoms with van der Waals surface area (Å²) in [7, 11) is 0. The molecule has 7 nitrogen and oxygen atoms in total. The molecule has 1 aromatic heterocycles. The second-order valence-corrected chi connectivity index (χ2v) is 6.98. The molecule has 1 aliphatic rings. The summed E-state index contributed by atoms with van der Waals surface area (Å²) in [5.74, 6) is 3.13. The molecule has 146 valence electrons. The van der Waals surface area contributed by atoms with Crippen LogP contribution in [0.25, 0.3) is 0 Å². The molecule has 7 heteroatoms. The lowest BCUT2D eigenvalue weighted by atomic mass is 10.2. The van der Waals surface area contributed by atoms with Crippen molar-refractivity contribution in [2.75, 3.05) is 19.7 Å². The van der Waals surface area contributed by atoms with Crippen LogP contribution in [0, 0.1) is 0 Å². The van der Waals surface area contributed by atoms with Gasteiger partial charge in [-0.25, -0.2) is 0 Å². The van der Waals surface area contributed by atoms with E-state index >= 15 is 0 Å². The van der Waals surface area contributed by atoms with E-state index in [0.717, 1.165) is 11.5 Å². The summed E-state index contributed by atoms with van der Waals surface area (Å²) in [6.07, 6.45) is 1.57. The van der Waals surface area contributed by atoms with Crippen molar-refractivity contribution in [3.63, 3.8) is 0 Å². The Kier molecular flexibility index (Phi) is 6.32. The minimum Gasteiger partial charge on any atom is -0.486 e. The lowest BCUT2D eigenvalue weighted by Gasteiger charge is -2.31. The average molecular weight is 373 g/mol. The summed E-state index contributed by atoms with van der Waals surface area (Å²) in [6.45, 7) is 7.61. The molecule has 0 radical (unpaired) electrons. The number of para-hydroxylation sites is 2. The maximum absolute atomic E-state index is 12.6. The van der Waals surface area contributed by atoms with E-state index in [1.165, 1.54) is 0 Å². The van der Waals surface area contributed by atoms with Gasteiger partial charge in [0.1, 0.15) is 6.61 Å². The average Bonchev–Trinajstić information content (AvgIpc) is 3.15. The van der Waals surface area contributed by atoms with E-state index in [1.807, 2.05) is 49.9 Å². The molecule has 3 rings (SSSR count). The highest BCUT2D eigenvalue weighted by atomic mass is 16.6. The molecule has 1 unspecified atom stereocenters. The highest BCUT2D eigenvalue weighted by Crippen LogP contribution is 2.31. The zero-order valence-corrected chi connectivity index (χ0v) is 16.2. The van der Waals surface area contributed by atoms with Crippen molar-refractivity contribution in [3.05, 3.63) is 36.0 Å². The van der Waals surface area contributed by atoms with Gasteiger partial charge in [0.2, 0.25) is 11.8 Å². The summed E-state index contributed by atoms with van der Waals surface area (Å²) in [4.78, 5) is 18.7. The molecular formula is C20H27N3O4. The highest BCUT2D eigenvalue weighted by molar-refractivity contribution is 5.76. The fourth-order valence-electron chi connectivity index (χ4n) is 2.96. The van der Waals surface area contributed by atoms with Gasteiger partial charge in [-0.2, -0.15) is 4.98 Å². The Hall–Kier alpha value is -2.57. The van der Waals surface area contributed by atoms with Gasteiger partial charge in [0.25, 0.3) is 0 Å². The maximum atomic E-state index is 12.6. The number of ether oxygens (including phenoxy) is 2. The molecule has 0 saturated carbocycles. The number of hydrogen-bond acceptors (Lipinski definition) is 6. The summed E-state index contributed by atoms with van der Waals surface area (Å²) in [6, 6.07) is 7.60. The molecule has 0 N–H and O–H groups in total. The van der Waals surface area contributed by atoms with Crippen LogP contribution in [0.2, 0.25) is 0 Å². The molecule has 0 fully saturated rings. The third kappa shape index (κ3) is 4.99. The fourth-order valence-corrected chi connectivity index (χ4v) is 2.96. The zero-order chi connectivity index (χ0) is 19.2. The molecule has 1 aliphatic heterocycles. The number of aromatic nitrogens is 2. The van der Waals surface area contributed by atoms with Crippen LogP contribution in [0.3, 0.4) is 0 Å². The monoisotopic (exact) mass is 373 g/mol. The fraction of sp³-hybridized carbons (Fsp3) is 0.550. The predicted molar refractivity (Wildman–Crippen MR) is 99.9 cm³/mol. The molecule has 0 saturated heterocycles. The number of hydrogen-bond donors (Lipinski definition) is 0. The maximum Gasteiger partial charge on any atom is 0.226 e. The number of nitrogens with zero attached hydrogens (tertiary/aromatic N) is 3. The van der Waals surface area contributed by atoms with Crippen molar-refractivity contribution >= 4 is 5.91 Å². The van der Waals surface area contributed by atoms with Crippen LogP contribution in [-0.2, 0) is 11.2 Å². The van der Waals surface area contributed by atoms with E-state index in [0.29, 0.717) is 50.7 Å². The van der Waals surface area contributed by atoms with E-state index < -0.39 is 0 Å². The van der Waals surface area contributed by atoms with Crippen LogP contribution in [0.5, 0.6) is 11.5 Å². The number of fused-ring (bicyclic) bond motifs is 1. The molecule has 27 heavy (non-hydrogen) atoms. The second kappa shape index (κ2) is 8.88. The summed E-state index contributed by atoms with van der Waals surface area (Å²) >= 11 is 0. The standard InChI is InChI=1S/C20H27N3O4/c1-4-23(12-15-13-25-16-8-5-6-9-17(16)26-15)19(24)11-7-10-18-21-20(14(2)3)22-27-18/h5-6,8-9,14-15H,4,7,10-13H2,1-3H3. The van der Waals surface area contributed by atoms with Gasteiger partial charge >= 0.3 is 0 Å².